The molecular formula is C23H31ClN4. The molecule has 1 aliphatic rings. The topological polar surface area (TPSA) is 53.6 Å². The molecule has 0 saturated heterocycles. The Labute approximate surface area is 174 Å². The van der Waals surface area contributed by atoms with E-state index in [-0.39, 0.29) is 0 Å². The van der Waals surface area contributed by atoms with Gasteiger partial charge in [-0.15, -0.1) is 0 Å². The second kappa shape index (κ2) is 11.5. The number of benzene rings is 1. The van der Waals surface area contributed by atoms with Gasteiger partial charge in [0.1, 0.15) is 17.2 Å². The molecule has 0 fully saturated rings. The molecule has 3 N–H and O–H groups in total. The summed E-state index contributed by atoms with van der Waals surface area (Å²) in [6.07, 6.45) is 10.1. The number of nitrogens with two attached hydrogens (primary N) is 1. The molecule has 4 nitrogen and oxygen atoms in total. The minimum absolute atomic E-state index is 0.482. The Morgan fingerprint density at radius 1 is 1.25 bits per heavy atom. The highest BCUT2D eigenvalue weighted by molar-refractivity contribution is 6.30. The normalized spacial score (nSPS) is 16.1. The first-order chi connectivity index (χ1) is 13.5. The largest absolute Gasteiger partial charge is 0.382 e. The molecular weight excluding hydrogens is 368 g/mol. The van der Waals surface area contributed by atoms with Gasteiger partial charge in [-0.05, 0) is 42.5 Å². The number of allylic oxidation sites excluding steroid dienone is 1. The summed E-state index contributed by atoms with van der Waals surface area (Å²) in [5, 5.41) is 3.89. The van der Waals surface area contributed by atoms with E-state index in [1.165, 1.54) is 32.1 Å². The first-order valence-electron chi connectivity index (χ1n) is 10.0. The number of halogens is 1. The Balaban J connectivity index is 2.17. The Hall–Kier alpha value is -2.38. The van der Waals surface area contributed by atoms with Crippen molar-refractivity contribution in [2.75, 3.05) is 13.6 Å². The molecule has 0 aromatic heterocycles. The third-order valence-electron chi connectivity index (χ3n) is 4.71. The molecule has 1 aromatic rings. The second-order valence-corrected chi connectivity index (χ2v) is 7.59. The molecule has 0 bridgehead atoms. The maximum absolute atomic E-state index is 6.22. The molecule has 1 unspecified atom stereocenters. The van der Waals surface area contributed by atoms with Crippen LogP contribution in [-0.2, 0) is 0 Å². The smallest absolute Gasteiger partial charge is 0.150 e. The van der Waals surface area contributed by atoms with Gasteiger partial charge < -0.3 is 16.0 Å². The number of rotatable bonds is 8. The van der Waals surface area contributed by atoms with E-state index in [1.54, 1.807) is 6.20 Å². The number of amidine groups is 1. The van der Waals surface area contributed by atoms with E-state index in [4.69, 9.17) is 17.3 Å². The number of unbranched alkanes of at least 4 members (excludes halogenated alkanes) is 3. The summed E-state index contributed by atoms with van der Waals surface area (Å²) in [4.78, 5) is 6.44. The molecule has 0 radical (unpaired) electrons. The minimum atomic E-state index is 0.482. The quantitative estimate of drug-likeness (QED) is 0.485. The zero-order valence-corrected chi connectivity index (χ0v) is 17.9. The fourth-order valence-electron chi connectivity index (χ4n) is 3.16. The van der Waals surface area contributed by atoms with E-state index in [0.29, 0.717) is 16.8 Å². The van der Waals surface area contributed by atoms with Gasteiger partial charge in [-0.3, -0.25) is 0 Å². The molecule has 0 saturated carbocycles. The molecule has 1 aromatic carbocycles. The summed E-state index contributed by atoms with van der Waals surface area (Å²) in [6.45, 7) is 5.42. The van der Waals surface area contributed by atoms with Crippen LogP contribution in [0.2, 0.25) is 5.02 Å². The average Bonchev–Trinajstić information content (AvgIpc) is 2.68. The first-order valence-corrected chi connectivity index (χ1v) is 10.4. The SMILES string of the molecule is CCCCCCC(C)CN1C=CN=C(N)/C1=C(\C#Cc1ccc(Cl)cc1)NC. The lowest BCUT2D eigenvalue weighted by Gasteiger charge is -2.29. The average molecular weight is 399 g/mol. The van der Waals surface area contributed by atoms with Crippen molar-refractivity contribution in [3.8, 4) is 11.8 Å². The molecule has 0 amide bonds. The maximum atomic E-state index is 6.22. The van der Waals surface area contributed by atoms with Crippen LogP contribution in [0.1, 0.15) is 51.5 Å². The van der Waals surface area contributed by atoms with Crippen LogP contribution in [0.3, 0.4) is 0 Å². The van der Waals surface area contributed by atoms with Crippen LogP contribution < -0.4 is 11.1 Å². The van der Waals surface area contributed by atoms with Crippen molar-refractivity contribution in [3.63, 3.8) is 0 Å². The Bertz CT molecular complexity index is 781. The molecule has 0 aliphatic carbocycles. The third kappa shape index (κ3) is 6.65. The highest BCUT2D eigenvalue weighted by Crippen LogP contribution is 2.19. The fraction of sp³-hybridized carbons (Fsp3) is 0.435. The van der Waals surface area contributed by atoms with Gasteiger partial charge >= 0.3 is 0 Å². The summed E-state index contributed by atoms with van der Waals surface area (Å²) < 4.78 is 0. The molecule has 1 heterocycles. The van der Waals surface area contributed by atoms with Gasteiger partial charge in [0.2, 0.25) is 0 Å². The van der Waals surface area contributed by atoms with Gasteiger partial charge in [0.15, 0.2) is 0 Å². The molecule has 0 spiro atoms. The maximum Gasteiger partial charge on any atom is 0.150 e. The number of hydrogen-bond acceptors (Lipinski definition) is 4. The third-order valence-corrected chi connectivity index (χ3v) is 4.96. The number of nitrogens with one attached hydrogen (secondary N) is 1. The molecule has 1 aliphatic heterocycles. The van der Waals surface area contributed by atoms with E-state index < -0.39 is 0 Å². The lowest BCUT2D eigenvalue weighted by Crippen LogP contribution is -2.35. The fourth-order valence-corrected chi connectivity index (χ4v) is 3.28. The van der Waals surface area contributed by atoms with Crippen molar-refractivity contribution in [1.29, 1.82) is 0 Å². The standard InChI is InChI=1S/C23H31ClN4/c1-4-5-6-7-8-18(2)17-28-16-15-27-23(25)22(28)21(26-3)14-11-19-9-12-20(24)13-10-19/h9-10,12-13,15-16,18,26H,4-8,17H2,1-3H3,(H2,25,27)/b22-21-. The highest BCUT2D eigenvalue weighted by Gasteiger charge is 2.20. The van der Waals surface area contributed by atoms with Crippen molar-refractivity contribution in [2.24, 2.45) is 16.6 Å². The van der Waals surface area contributed by atoms with Crippen molar-refractivity contribution >= 4 is 17.4 Å². The van der Waals surface area contributed by atoms with Gasteiger partial charge in [-0.25, -0.2) is 4.99 Å². The van der Waals surface area contributed by atoms with Crippen LogP contribution in [0, 0.1) is 17.8 Å². The Kier molecular flexibility index (Phi) is 8.97. The number of aliphatic imine (C=N–C) groups is 1. The molecule has 28 heavy (non-hydrogen) atoms. The number of nitrogens with zero attached hydrogens (tertiary/aromatic N) is 2. The van der Waals surface area contributed by atoms with Gasteiger partial charge in [0.25, 0.3) is 0 Å². The van der Waals surface area contributed by atoms with Gasteiger partial charge in [0, 0.05) is 36.6 Å². The van der Waals surface area contributed by atoms with Gasteiger partial charge in [-0.1, -0.05) is 57.1 Å². The zero-order valence-electron chi connectivity index (χ0n) is 17.1. The highest BCUT2D eigenvalue weighted by atomic mass is 35.5. The van der Waals surface area contributed by atoms with Gasteiger partial charge in [0.05, 0.1) is 0 Å². The van der Waals surface area contributed by atoms with E-state index in [1.807, 2.05) is 37.5 Å². The van der Waals surface area contributed by atoms with Crippen LogP contribution in [0.5, 0.6) is 0 Å². The predicted octanol–water partition coefficient (Wildman–Crippen LogP) is 4.87. The summed E-state index contributed by atoms with van der Waals surface area (Å²) in [6, 6.07) is 7.48. The van der Waals surface area contributed by atoms with Crippen molar-refractivity contribution in [3.05, 3.63) is 58.6 Å². The minimum Gasteiger partial charge on any atom is -0.382 e. The van der Waals surface area contributed by atoms with Gasteiger partial charge in [-0.2, -0.15) is 0 Å². The van der Waals surface area contributed by atoms with E-state index in [0.717, 1.165) is 23.5 Å². The zero-order chi connectivity index (χ0) is 20.4. The van der Waals surface area contributed by atoms with Crippen molar-refractivity contribution in [2.45, 2.75) is 46.0 Å². The summed E-state index contributed by atoms with van der Waals surface area (Å²) in [5.74, 6) is 7.42. The summed E-state index contributed by atoms with van der Waals surface area (Å²) >= 11 is 5.95. The molecule has 2 rings (SSSR count). The van der Waals surface area contributed by atoms with E-state index in [9.17, 15) is 0 Å². The van der Waals surface area contributed by atoms with E-state index in [2.05, 4.69) is 40.9 Å². The van der Waals surface area contributed by atoms with E-state index >= 15 is 0 Å². The number of hydrogen-bond donors (Lipinski definition) is 2. The molecule has 150 valence electrons. The van der Waals surface area contributed by atoms with Crippen LogP contribution in [0.25, 0.3) is 0 Å². The predicted molar refractivity (Wildman–Crippen MR) is 120 cm³/mol. The lowest BCUT2D eigenvalue weighted by atomic mass is 10.0. The summed E-state index contributed by atoms with van der Waals surface area (Å²) in [5.41, 5.74) is 8.73. The monoisotopic (exact) mass is 398 g/mol. The van der Waals surface area contributed by atoms with Crippen molar-refractivity contribution < 1.29 is 0 Å². The van der Waals surface area contributed by atoms with Crippen LogP contribution in [0.15, 0.2) is 53.1 Å². The first kappa shape index (κ1) is 21.9. The van der Waals surface area contributed by atoms with Crippen molar-refractivity contribution in [1.82, 2.24) is 10.2 Å². The lowest BCUT2D eigenvalue weighted by molar-refractivity contribution is 0.360. The summed E-state index contributed by atoms with van der Waals surface area (Å²) in [7, 11) is 1.86. The Morgan fingerprint density at radius 3 is 2.68 bits per heavy atom. The Morgan fingerprint density at radius 2 is 2.00 bits per heavy atom. The van der Waals surface area contributed by atoms with Crippen LogP contribution >= 0.6 is 11.6 Å². The second-order valence-electron chi connectivity index (χ2n) is 7.15. The molecule has 1 atom stereocenters. The van der Waals surface area contributed by atoms with Crippen LogP contribution in [-0.4, -0.2) is 24.3 Å². The molecule has 5 heteroatoms. The van der Waals surface area contributed by atoms with Crippen LogP contribution in [0.4, 0.5) is 0 Å².